The molecule has 1 saturated heterocycles. The maximum atomic E-state index is 13.4. The van der Waals surface area contributed by atoms with Crippen LogP contribution < -0.4 is 16.4 Å². The molecule has 9 heteroatoms. The van der Waals surface area contributed by atoms with Crippen molar-refractivity contribution >= 4 is 17.9 Å². The average Bonchev–Trinajstić information content (AvgIpc) is 2.83. The molecule has 1 heterocycles. The minimum absolute atomic E-state index is 0.188. The van der Waals surface area contributed by atoms with Crippen molar-refractivity contribution in [2.45, 2.75) is 57.2 Å². The monoisotopic (exact) mass is 492 g/mol. The Labute approximate surface area is 211 Å². The number of rotatable bonds is 7. The lowest BCUT2D eigenvalue weighted by Gasteiger charge is -2.37. The summed E-state index contributed by atoms with van der Waals surface area (Å²) in [5.74, 6) is -1.19. The normalized spacial score (nSPS) is 15.7. The molecule has 1 aliphatic heterocycles. The van der Waals surface area contributed by atoms with Crippen molar-refractivity contribution < 1.29 is 23.9 Å². The number of ether oxygens (including phenoxy) is 2. The molecular formula is C27H32N4O5. The average molecular weight is 493 g/mol. The zero-order valence-electron chi connectivity index (χ0n) is 20.8. The summed E-state index contributed by atoms with van der Waals surface area (Å²) in [6, 6.07) is 15.9. The van der Waals surface area contributed by atoms with Gasteiger partial charge in [0.25, 0.3) is 0 Å². The van der Waals surface area contributed by atoms with Gasteiger partial charge in [-0.3, -0.25) is 9.59 Å². The molecule has 36 heavy (non-hydrogen) atoms. The van der Waals surface area contributed by atoms with Crippen molar-refractivity contribution in [2.75, 3.05) is 13.2 Å². The number of nitrogens with zero attached hydrogens (tertiary/aromatic N) is 1. The number of hydrogen-bond acceptors (Lipinski definition) is 6. The quantitative estimate of drug-likeness (QED) is 0.542. The molecule has 0 aliphatic carbocycles. The number of carbonyl (C=O) groups excluding carboxylic acids is 3. The Morgan fingerprint density at radius 1 is 1.06 bits per heavy atom. The number of alkyl carbamates (subject to hydrolysis) is 1. The maximum absolute atomic E-state index is 13.4. The number of nitrogens with two attached hydrogens (primary N) is 1. The third-order valence-corrected chi connectivity index (χ3v) is 5.91. The van der Waals surface area contributed by atoms with Gasteiger partial charge in [-0.1, -0.05) is 36.4 Å². The molecular weight excluding hydrogens is 460 g/mol. The van der Waals surface area contributed by atoms with Gasteiger partial charge in [-0.15, -0.1) is 0 Å². The van der Waals surface area contributed by atoms with Crippen LogP contribution in [0.25, 0.3) is 11.1 Å². The van der Waals surface area contributed by atoms with E-state index in [1.807, 2.05) is 36.4 Å². The number of nitrogens with one attached hydrogen (secondary N) is 2. The van der Waals surface area contributed by atoms with Crippen molar-refractivity contribution in [3.05, 3.63) is 59.7 Å². The summed E-state index contributed by atoms with van der Waals surface area (Å²) in [5, 5.41) is 14.4. The summed E-state index contributed by atoms with van der Waals surface area (Å²) >= 11 is 0. The molecule has 4 N–H and O–H groups in total. The summed E-state index contributed by atoms with van der Waals surface area (Å²) in [4.78, 5) is 38.0. The Morgan fingerprint density at radius 3 is 2.11 bits per heavy atom. The fraction of sp³-hybridized carbons (Fsp3) is 0.407. The fourth-order valence-electron chi connectivity index (χ4n) is 3.95. The predicted molar refractivity (Wildman–Crippen MR) is 134 cm³/mol. The molecule has 1 atom stereocenters. The topological polar surface area (TPSA) is 144 Å². The Morgan fingerprint density at radius 2 is 1.61 bits per heavy atom. The Bertz CT molecular complexity index is 1120. The second-order valence-electron chi connectivity index (χ2n) is 9.84. The number of hydrogen-bond donors (Lipinski definition) is 3. The van der Waals surface area contributed by atoms with E-state index in [4.69, 9.17) is 20.5 Å². The van der Waals surface area contributed by atoms with Crippen molar-refractivity contribution in [1.82, 2.24) is 10.6 Å². The van der Waals surface area contributed by atoms with Crippen LogP contribution in [0.3, 0.4) is 0 Å². The van der Waals surface area contributed by atoms with Gasteiger partial charge in [-0.2, -0.15) is 5.26 Å². The third-order valence-electron chi connectivity index (χ3n) is 5.91. The van der Waals surface area contributed by atoms with Crippen LogP contribution in [0.2, 0.25) is 0 Å². The van der Waals surface area contributed by atoms with Crippen molar-refractivity contribution in [3.63, 3.8) is 0 Å². The smallest absolute Gasteiger partial charge is 0.408 e. The van der Waals surface area contributed by atoms with Crippen molar-refractivity contribution in [2.24, 2.45) is 5.73 Å². The molecule has 0 radical (unpaired) electrons. The first-order valence-corrected chi connectivity index (χ1v) is 11.8. The lowest BCUT2D eigenvalue weighted by molar-refractivity contribution is -0.135. The van der Waals surface area contributed by atoms with Crippen LogP contribution in [0.5, 0.6) is 0 Å². The van der Waals surface area contributed by atoms with E-state index in [2.05, 4.69) is 16.7 Å². The second kappa shape index (κ2) is 11.2. The van der Waals surface area contributed by atoms with Gasteiger partial charge in [0.05, 0.1) is 11.6 Å². The number of primary amides is 1. The van der Waals surface area contributed by atoms with Gasteiger partial charge in [0.2, 0.25) is 11.8 Å². The number of amides is 3. The molecule has 9 nitrogen and oxygen atoms in total. The molecule has 0 aromatic heterocycles. The van der Waals surface area contributed by atoms with Gasteiger partial charge < -0.3 is 25.8 Å². The van der Waals surface area contributed by atoms with Gasteiger partial charge in [0.15, 0.2) is 0 Å². The molecule has 0 spiro atoms. The minimum atomic E-state index is -1.27. The van der Waals surface area contributed by atoms with Gasteiger partial charge >= 0.3 is 6.09 Å². The van der Waals surface area contributed by atoms with Crippen LogP contribution in [-0.4, -0.2) is 48.3 Å². The van der Waals surface area contributed by atoms with E-state index in [0.29, 0.717) is 5.56 Å². The van der Waals surface area contributed by atoms with Crippen LogP contribution in [0.1, 0.15) is 44.7 Å². The van der Waals surface area contributed by atoms with Crippen LogP contribution in [0, 0.1) is 11.3 Å². The van der Waals surface area contributed by atoms with E-state index < -0.39 is 35.1 Å². The summed E-state index contributed by atoms with van der Waals surface area (Å²) in [7, 11) is 0. The molecule has 3 amide bonds. The summed E-state index contributed by atoms with van der Waals surface area (Å²) in [6.07, 6.45) is -0.0482. The second-order valence-corrected chi connectivity index (χ2v) is 9.84. The molecule has 190 valence electrons. The Hall–Kier alpha value is -3.90. The lowest BCUT2D eigenvalue weighted by atomic mass is 9.88. The number of carbonyl (C=O) groups is 3. The lowest BCUT2D eigenvalue weighted by Crippen LogP contribution is -2.64. The van der Waals surface area contributed by atoms with E-state index in [1.165, 1.54) is 0 Å². The van der Waals surface area contributed by atoms with Gasteiger partial charge in [0.1, 0.15) is 17.2 Å². The van der Waals surface area contributed by atoms with Gasteiger partial charge in [0, 0.05) is 32.5 Å². The molecule has 0 saturated carbocycles. The summed E-state index contributed by atoms with van der Waals surface area (Å²) in [6.45, 7) is 5.76. The zero-order valence-corrected chi connectivity index (χ0v) is 20.8. The molecule has 1 aliphatic rings. The Kier molecular flexibility index (Phi) is 8.33. The minimum Gasteiger partial charge on any atom is -0.444 e. The largest absolute Gasteiger partial charge is 0.444 e. The standard InChI is InChI=1S/C27H32N4O5/c1-26(2,3)36-25(34)31-27(12-14-35-15-13-27)24(33)30-22(23(29)32)16-18-4-8-20(9-5-18)21-10-6-19(17-28)7-11-21/h4-11,22H,12-16H2,1-3H3,(H2,29,32)(H,30,33)(H,31,34). The first-order chi connectivity index (χ1) is 17.0. The summed E-state index contributed by atoms with van der Waals surface area (Å²) in [5.41, 5.74) is 6.91. The van der Waals surface area contributed by atoms with Crippen LogP contribution in [-0.2, 0) is 25.5 Å². The van der Waals surface area contributed by atoms with E-state index in [9.17, 15) is 14.4 Å². The predicted octanol–water partition coefficient (Wildman–Crippen LogP) is 2.81. The molecule has 2 aromatic carbocycles. The first kappa shape index (κ1) is 26.7. The molecule has 1 unspecified atom stereocenters. The van der Waals surface area contributed by atoms with E-state index in [1.54, 1.807) is 32.9 Å². The number of benzene rings is 2. The Balaban J connectivity index is 1.72. The molecule has 2 aromatic rings. The van der Waals surface area contributed by atoms with Crippen molar-refractivity contribution in [3.8, 4) is 17.2 Å². The van der Waals surface area contributed by atoms with E-state index in [0.717, 1.165) is 16.7 Å². The highest BCUT2D eigenvalue weighted by molar-refractivity contribution is 5.94. The van der Waals surface area contributed by atoms with E-state index >= 15 is 0 Å². The highest BCUT2D eigenvalue weighted by Gasteiger charge is 2.43. The third kappa shape index (κ3) is 7.06. The molecule has 3 rings (SSSR count). The molecule has 0 bridgehead atoms. The van der Waals surface area contributed by atoms with Crippen LogP contribution in [0.15, 0.2) is 48.5 Å². The first-order valence-electron chi connectivity index (χ1n) is 11.8. The van der Waals surface area contributed by atoms with Crippen LogP contribution in [0.4, 0.5) is 4.79 Å². The SMILES string of the molecule is CC(C)(C)OC(=O)NC1(C(=O)NC(Cc2ccc(-c3ccc(C#N)cc3)cc2)C(N)=O)CCOCC1. The fourth-order valence-corrected chi connectivity index (χ4v) is 3.95. The van der Waals surface area contributed by atoms with Crippen molar-refractivity contribution in [1.29, 1.82) is 5.26 Å². The number of nitriles is 1. The van der Waals surface area contributed by atoms with Gasteiger partial charge in [-0.25, -0.2) is 4.79 Å². The maximum Gasteiger partial charge on any atom is 0.408 e. The summed E-state index contributed by atoms with van der Waals surface area (Å²) < 4.78 is 10.7. The van der Waals surface area contributed by atoms with Crippen LogP contribution >= 0.6 is 0 Å². The molecule has 1 fully saturated rings. The van der Waals surface area contributed by atoms with E-state index in [-0.39, 0.29) is 32.5 Å². The highest BCUT2D eigenvalue weighted by Crippen LogP contribution is 2.24. The van der Waals surface area contributed by atoms with Gasteiger partial charge in [-0.05, 0) is 49.6 Å². The highest BCUT2D eigenvalue weighted by atomic mass is 16.6. The zero-order chi connectivity index (χ0) is 26.3.